The SMILES string of the molecule is C=CCC1CCCc2sc(N)nc21. The maximum atomic E-state index is 5.70. The van der Waals surface area contributed by atoms with Gasteiger partial charge in [0.25, 0.3) is 0 Å². The molecule has 2 N–H and O–H groups in total. The molecule has 3 heteroatoms. The summed E-state index contributed by atoms with van der Waals surface area (Å²) in [7, 11) is 0. The molecule has 0 amide bonds. The third kappa shape index (κ3) is 1.61. The molecule has 0 saturated carbocycles. The molecular weight excluding hydrogens is 180 g/mol. The van der Waals surface area contributed by atoms with Crippen LogP contribution in [-0.2, 0) is 6.42 Å². The zero-order valence-electron chi connectivity index (χ0n) is 7.62. The van der Waals surface area contributed by atoms with Gasteiger partial charge in [-0.3, -0.25) is 0 Å². The molecule has 1 atom stereocenters. The highest BCUT2D eigenvalue weighted by Crippen LogP contribution is 2.37. The smallest absolute Gasteiger partial charge is 0.180 e. The topological polar surface area (TPSA) is 38.9 Å². The van der Waals surface area contributed by atoms with Crippen LogP contribution in [0.5, 0.6) is 0 Å². The molecule has 1 aromatic rings. The van der Waals surface area contributed by atoms with Gasteiger partial charge in [0.15, 0.2) is 5.13 Å². The first-order chi connectivity index (χ1) is 6.31. The van der Waals surface area contributed by atoms with Crippen LogP contribution in [0.15, 0.2) is 12.7 Å². The third-order valence-corrected chi connectivity index (χ3v) is 3.50. The molecule has 0 radical (unpaired) electrons. The molecule has 0 saturated heterocycles. The van der Waals surface area contributed by atoms with Crippen LogP contribution in [0.4, 0.5) is 5.13 Å². The quantitative estimate of drug-likeness (QED) is 0.735. The van der Waals surface area contributed by atoms with E-state index in [0.29, 0.717) is 5.92 Å². The number of nitrogen functional groups attached to an aromatic ring is 1. The van der Waals surface area contributed by atoms with E-state index in [0.717, 1.165) is 18.0 Å². The van der Waals surface area contributed by atoms with Crippen molar-refractivity contribution in [2.24, 2.45) is 0 Å². The summed E-state index contributed by atoms with van der Waals surface area (Å²) in [4.78, 5) is 5.80. The number of rotatable bonds is 2. The number of allylic oxidation sites excluding steroid dienone is 1. The number of fused-ring (bicyclic) bond motifs is 1. The second-order valence-electron chi connectivity index (χ2n) is 3.47. The van der Waals surface area contributed by atoms with Crippen LogP contribution in [0.3, 0.4) is 0 Å². The number of anilines is 1. The summed E-state index contributed by atoms with van der Waals surface area (Å²) < 4.78 is 0. The molecule has 2 rings (SSSR count). The molecule has 1 unspecified atom stereocenters. The number of aromatic nitrogens is 1. The first kappa shape index (κ1) is 8.75. The molecule has 0 bridgehead atoms. The van der Waals surface area contributed by atoms with Crippen molar-refractivity contribution in [3.05, 3.63) is 23.2 Å². The van der Waals surface area contributed by atoms with E-state index in [1.165, 1.54) is 23.4 Å². The molecule has 2 nitrogen and oxygen atoms in total. The predicted octanol–water partition coefficient (Wildman–Crippen LogP) is 2.72. The van der Waals surface area contributed by atoms with Crippen molar-refractivity contribution in [2.45, 2.75) is 31.6 Å². The normalized spacial score (nSPS) is 21.1. The van der Waals surface area contributed by atoms with Gasteiger partial charge in [0.1, 0.15) is 0 Å². The Labute approximate surface area is 82.5 Å². The van der Waals surface area contributed by atoms with E-state index in [1.54, 1.807) is 11.3 Å². The van der Waals surface area contributed by atoms with E-state index in [2.05, 4.69) is 11.6 Å². The Morgan fingerprint density at radius 3 is 3.31 bits per heavy atom. The molecule has 1 aliphatic rings. The highest BCUT2D eigenvalue weighted by molar-refractivity contribution is 7.15. The van der Waals surface area contributed by atoms with E-state index >= 15 is 0 Å². The Kier molecular flexibility index (Phi) is 2.36. The molecule has 1 aliphatic carbocycles. The van der Waals surface area contributed by atoms with Gasteiger partial charge in [0.05, 0.1) is 5.69 Å². The van der Waals surface area contributed by atoms with Crippen molar-refractivity contribution in [1.82, 2.24) is 4.98 Å². The van der Waals surface area contributed by atoms with Crippen LogP contribution in [-0.4, -0.2) is 4.98 Å². The molecule has 0 spiro atoms. The molecule has 1 heterocycles. The lowest BCUT2D eigenvalue weighted by Gasteiger charge is -2.19. The van der Waals surface area contributed by atoms with E-state index in [1.807, 2.05) is 6.08 Å². The van der Waals surface area contributed by atoms with Gasteiger partial charge in [-0.25, -0.2) is 4.98 Å². The highest BCUT2D eigenvalue weighted by Gasteiger charge is 2.22. The third-order valence-electron chi connectivity index (χ3n) is 2.54. The summed E-state index contributed by atoms with van der Waals surface area (Å²) in [6.07, 6.45) is 6.69. The average Bonchev–Trinajstić information content (AvgIpc) is 2.47. The van der Waals surface area contributed by atoms with Gasteiger partial charge in [-0.05, 0) is 25.7 Å². The largest absolute Gasteiger partial charge is 0.375 e. The van der Waals surface area contributed by atoms with Gasteiger partial charge in [-0.15, -0.1) is 17.9 Å². The van der Waals surface area contributed by atoms with Gasteiger partial charge in [-0.1, -0.05) is 6.08 Å². The van der Waals surface area contributed by atoms with Gasteiger partial charge >= 0.3 is 0 Å². The van der Waals surface area contributed by atoms with Gasteiger partial charge in [0.2, 0.25) is 0 Å². The number of nitrogens with zero attached hydrogens (tertiary/aromatic N) is 1. The standard InChI is InChI=1S/C10H14N2S/c1-2-4-7-5-3-6-8-9(7)12-10(11)13-8/h2,7H,1,3-6H2,(H2,11,12). The zero-order chi connectivity index (χ0) is 9.26. The van der Waals surface area contributed by atoms with Crippen LogP contribution in [0.2, 0.25) is 0 Å². The van der Waals surface area contributed by atoms with Crippen molar-refractivity contribution in [1.29, 1.82) is 0 Å². The lowest BCUT2D eigenvalue weighted by atomic mass is 9.89. The first-order valence-corrected chi connectivity index (χ1v) is 5.49. The minimum Gasteiger partial charge on any atom is -0.375 e. The summed E-state index contributed by atoms with van der Waals surface area (Å²) in [6, 6.07) is 0. The summed E-state index contributed by atoms with van der Waals surface area (Å²) in [6.45, 7) is 3.78. The van der Waals surface area contributed by atoms with E-state index in [4.69, 9.17) is 5.73 Å². The minimum absolute atomic E-state index is 0.579. The molecule has 0 fully saturated rings. The number of hydrogen-bond acceptors (Lipinski definition) is 3. The number of thiazole rings is 1. The number of nitrogens with two attached hydrogens (primary N) is 1. The van der Waals surface area contributed by atoms with Gasteiger partial charge in [-0.2, -0.15) is 0 Å². The fourth-order valence-electron chi connectivity index (χ4n) is 1.96. The van der Waals surface area contributed by atoms with E-state index in [9.17, 15) is 0 Å². The Morgan fingerprint density at radius 2 is 2.54 bits per heavy atom. The minimum atomic E-state index is 0.579. The average molecular weight is 194 g/mol. The Morgan fingerprint density at radius 1 is 1.69 bits per heavy atom. The first-order valence-electron chi connectivity index (χ1n) is 4.67. The Hall–Kier alpha value is -0.830. The number of aryl methyl sites for hydroxylation is 1. The fraction of sp³-hybridized carbons (Fsp3) is 0.500. The summed E-state index contributed by atoms with van der Waals surface area (Å²) in [5.74, 6) is 0.579. The van der Waals surface area contributed by atoms with Crippen molar-refractivity contribution < 1.29 is 0 Å². The molecular formula is C10H14N2S. The fourth-order valence-corrected chi connectivity index (χ4v) is 2.92. The van der Waals surface area contributed by atoms with Gasteiger partial charge < -0.3 is 5.73 Å². The molecule has 13 heavy (non-hydrogen) atoms. The zero-order valence-corrected chi connectivity index (χ0v) is 8.44. The lowest BCUT2D eigenvalue weighted by Crippen LogP contribution is -2.07. The van der Waals surface area contributed by atoms with E-state index < -0.39 is 0 Å². The molecule has 1 aromatic heterocycles. The lowest BCUT2D eigenvalue weighted by molar-refractivity contribution is 0.552. The van der Waals surface area contributed by atoms with Crippen LogP contribution in [0.25, 0.3) is 0 Å². The second-order valence-corrected chi connectivity index (χ2v) is 4.59. The van der Waals surface area contributed by atoms with Crippen LogP contribution < -0.4 is 5.73 Å². The summed E-state index contributed by atoms with van der Waals surface area (Å²) >= 11 is 1.65. The van der Waals surface area contributed by atoms with Crippen LogP contribution >= 0.6 is 11.3 Å². The molecule has 0 aromatic carbocycles. The van der Waals surface area contributed by atoms with Crippen molar-refractivity contribution in [2.75, 3.05) is 5.73 Å². The number of hydrogen-bond donors (Lipinski definition) is 1. The maximum Gasteiger partial charge on any atom is 0.180 e. The van der Waals surface area contributed by atoms with Crippen LogP contribution in [0, 0.1) is 0 Å². The Bertz CT molecular complexity index is 317. The van der Waals surface area contributed by atoms with Crippen molar-refractivity contribution in [3.8, 4) is 0 Å². The maximum absolute atomic E-state index is 5.70. The monoisotopic (exact) mass is 194 g/mol. The predicted molar refractivity (Wildman–Crippen MR) is 57.0 cm³/mol. The Balaban J connectivity index is 2.30. The highest BCUT2D eigenvalue weighted by atomic mass is 32.1. The molecule has 0 aliphatic heterocycles. The summed E-state index contributed by atoms with van der Waals surface area (Å²) in [5.41, 5.74) is 6.94. The summed E-state index contributed by atoms with van der Waals surface area (Å²) in [5, 5.41) is 0.723. The molecule has 70 valence electrons. The van der Waals surface area contributed by atoms with Crippen LogP contribution in [0.1, 0.15) is 35.8 Å². The second kappa shape index (κ2) is 3.50. The van der Waals surface area contributed by atoms with Crippen molar-refractivity contribution >= 4 is 16.5 Å². The van der Waals surface area contributed by atoms with Gasteiger partial charge in [0, 0.05) is 10.8 Å². The van der Waals surface area contributed by atoms with E-state index in [-0.39, 0.29) is 0 Å². The van der Waals surface area contributed by atoms with Crippen molar-refractivity contribution in [3.63, 3.8) is 0 Å².